The first-order chi connectivity index (χ1) is 10.6. The lowest BCUT2D eigenvalue weighted by molar-refractivity contribution is 1.23. The van der Waals surface area contributed by atoms with Gasteiger partial charge in [-0.2, -0.15) is 0 Å². The van der Waals surface area contributed by atoms with Gasteiger partial charge in [0.25, 0.3) is 0 Å². The predicted octanol–water partition coefficient (Wildman–Crippen LogP) is 4.11. The first-order valence-corrected chi connectivity index (χ1v) is 7.26. The lowest BCUT2D eigenvalue weighted by Gasteiger charge is -2.14. The number of hydrogen-bond acceptors (Lipinski definition) is 0. The van der Waals surface area contributed by atoms with Crippen LogP contribution in [-0.2, 0) is 0 Å². The molecule has 1 aliphatic rings. The van der Waals surface area contributed by atoms with E-state index in [1.807, 2.05) is 37.3 Å². The summed E-state index contributed by atoms with van der Waals surface area (Å²) in [6.07, 6.45) is 14.5. The molecule has 2 heteroatoms. The molecule has 0 spiro atoms. The molecule has 0 unspecified atom stereocenters. The van der Waals surface area contributed by atoms with Crippen molar-refractivity contribution in [2.75, 3.05) is 0 Å². The third kappa shape index (κ3) is 3.71. The molecule has 0 saturated carbocycles. The summed E-state index contributed by atoms with van der Waals surface area (Å²) in [6, 6.07) is 4.05. The van der Waals surface area contributed by atoms with Crippen molar-refractivity contribution in [2.45, 2.75) is 13.3 Å². The zero-order chi connectivity index (χ0) is 16.1. The maximum Gasteiger partial charge on any atom is 0.114 e. The van der Waals surface area contributed by atoms with Gasteiger partial charge in [-0.3, -0.25) is 0 Å². The molecule has 0 aromatic heterocycles. The summed E-state index contributed by atoms with van der Waals surface area (Å²) in [5.41, 5.74) is 6.76. The molecule has 0 bridgehead atoms. The van der Waals surface area contributed by atoms with Gasteiger partial charge in [0.05, 0.1) is 0 Å². The van der Waals surface area contributed by atoms with Gasteiger partial charge >= 0.3 is 0 Å². The molecule has 0 saturated heterocycles. The van der Waals surface area contributed by atoms with Crippen LogP contribution in [0.3, 0.4) is 0 Å². The average molecular weight is 280 g/mol. The van der Waals surface area contributed by atoms with E-state index in [-0.39, 0.29) is 0 Å². The van der Waals surface area contributed by atoms with E-state index in [4.69, 9.17) is 15.7 Å². The smallest absolute Gasteiger partial charge is 0.113 e. The van der Waals surface area contributed by atoms with Gasteiger partial charge in [-0.1, -0.05) is 67.2 Å². The Morgan fingerprint density at radius 2 is 1.86 bits per heavy atom. The number of hydrogen-bond donors (Lipinski definition) is 0. The van der Waals surface area contributed by atoms with Crippen LogP contribution in [0.15, 0.2) is 66.2 Å². The Balaban J connectivity index is 2.51. The summed E-state index contributed by atoms with van der Waals surface area (Å²) in [5, 5.41) is 0. The highest BCUT2D eigenvalue weighted by Crippen LogP contribution is 2.24. The molecular weight excluding hydrogens is 262 g/mol. The molecule has 2 rings (SSSR count). The van der Waals surface area contributed by atoms with Crippen LogP contribution in [-0.4, -0.2) is 15.7 Å². The van der Waals surface area contributed by atoms with Crippen LogP contribution in [0.2, 0.25) is 0 Å². The minimum absolute atomic E-state index is 0.712. The van der Waals surface area contributed by atoms with E-state index in [9.17, 15) is 0 Å². The maximum atomic E-state index is 6.23. The van der Waals surface area contributed by atoms with Crippen molar-refractivity contribution < 1.29 is 0 Å². The number of allylic oxidation sites excluding steroid dienone is 7. The summed E-state index contributed by atoms with van der Waals surface area (Å²) < 4.78 is 0. The molecule has 4 radical (unpaired) electrons. The lowest BCUT2D eigenvalue weighted by Crippen LogP contribution is -2.10. The second-order valence-corrected chi connectivity index (χ2v) is 5.28. The zero-order valence-corrected chi connectivity index (χ0v) is 13.0. The van der Waals surface area contributed by atoms with Crippen molar-refractivity contribution in [3.8, 4) is 0 Å². The van der Waals surface area contributed by atoms with Crippen LogP contribution >= 0.6 is 0 Å². The molecule has 0 atom stereocenters. The van der Waals surface area contributed by atoms with Gasteiger partial charge in [-0.05, 0) is 47.2 Å². The highest BCUT2D eigenvalue weighted by Gasteiger charge is 2.07. The fraction of sp³-hybridized carbons (Fsp3) is 0.100. The Morgan fingerprint density at radius 1 is 1.09 bits per heavy atom. The third-order valence-corrected chi connectivity index (χ3v) is 3.52. The normalized spacial score (nSPS) is 16.5. The summed E-state index contributed by atoms with van der Waals surface area (Å²) in [7, 11) is 12.2. The Labute approximate surface area is 136 Å². The van der Waals surface area contributed by atoms with Gasteiger partial charge in [-0.25, -0.2) is 0 Å². The first-order valence-electron chi connectivity index (χ1n) is 7.26. The number of benzene rings is 1. The zero-order valence-electron chi connectivity index (χ0n) is 13.0. The van der Waals surface area contributed by atoms with Gasteiger partial charge in [0.1, 0.15) is 15.7 Å². The van der Waals surface area contributed by atoms with Crippen LogP contribution in [0.1, 0.15) is 30.0 Å². The molecule has 0 aliphatic heterocycles. The van der Waals surface area contributed by atoms with E-state index in [0.717, 1.165) is 38.8 Å². The summed E-state index contributed by atoms with van der Waals surface area (Å²) in [5.74, 6) is 0. The Morgan fingerprint density at radius 3 is 2.50 bits per heavy atom. The molecule has 104 valence electrons. The molecule has 22 heavy (non-hydrogen) atoms. The van der Waals surface area contributed by atoms with E-state index >= 15 is 0 Å². The molecular formula is C20H18B2. The second kappa shape index (κ2) is 7.17. The fourth-order valence-electron chi connectivity index (χ4n) is 2.55. The standard InChI is InChI=1S/C20H18B2/c1-4-7-15-9-17(6-3)19(20(22)13-15)12-16-8-14(5-2)10-18(21)11-16/h4-10,12-13H,2-3,11H2,1H3/b7-4-,16-12-. The van der Waals surface area contributed by atoms with Crippen molar-refractivity contribution in [3.63, 3.8) is 0 Å². The summed E-state index contributed by atoms with van der Waals surface area (Å²) >= 11 is 0. The molecule has 1 aromatic carbocycles. The minimum Gasteiger partial charge on any atom is -0.113 e. The number of rotatable bonds is 4. The van der Waals surface area contributed by atoms with E-state index in [1.54, 1.807) is 6.08 Å². The summed E-state index contributed by atoms with van der Waals surface area (Å²) in [6.45, 7) is 9.68. The van der Waals surface area contributed by atoms with E-state index in [0.29, 0.717) is 6.42 Å². The van der Waals surface area contributed by atoms with E-state index in [1.165, 1.54) is 0 Å². The van der Waals surface area contributed by atoms with Crippen LogP contribution < -0.4 is 5.46 Å². The Hall–Kier alpha value is -2.21. The molecule has 1 aromatic rings. The Bertz CT molecular complexity index is 728. The van der Waals surface area contributed by atoms with E-state index < -0.39 is 0 Å². The monoisotopic (exact) mass is 280 g/mol. The van der Waals surface area contributed by atoms with Gasteiger partial charge in [0.15, 0.2) is 0 Å². The summed E-state index contributed by atoms with van der Waals surface area (Å²) in [4.78, 5) is 0. The van der Waals surface area contributed by atoms with Crippen molar-refractivity contribution in [1.29, 1.82) is 0 Å². The van der Waals surface area contributed by atoms with Gasteiger partial charge in [0, 0.05) is 0 Å². The van der Waals surface area contributed by atoms with Crippen LogP contribution in [0.5, 0.6) is 0 Å². The lowest BCUT2D eigenvalue weighted by atomic mass is 9.80. The highest BCUT2D eigenvalue weighted by atomic mass is 14.1. The predicted molar refractivity (Wildman–Crippen MR) is 101 cm³/mol. The van der Waals surface area contributed by atoms with Crippen molar-refractivity contribution in [1.82, 2.24) is 0 Å². The molecule has 0 amide bonds. The molecule has 0 nitrogen and oxygen atoms in total. The fourth-order valence-corrected chi connectivity index (χ4v) is 2.55. The van der Waals surface area contributed by atoms with Crippen molar-refractivity contribution in [2.24, 2.45) is 0 Å². The van der Waals surface area contributed by atoms with Crippen LogP contribution in [0.4, 0.5) is 0 Å². The van der Waals surface area contributed by atoms with Gasteiger partial charge < -0.3 is 0 Å². The Kier molecular flexibility index (Phi) is 5.27. The van der Waals surface area contributed by atoms with Crippen molar-refractivity contribution in [3.05, 3.63) is 82.9 Å². The third-order valence-electron chi connectivity index (χ3n) is 3.52. The van der Waals surface area contributed by atoms with Gasteiger partial charge in [-0.15, -0.1) is 5.47 Å². The van der Waals surface area contributed by atoms with Crippen LogP contribution in [0.25, 0.3) is 18.2 Å². The van der Waals surface area contributed by atoms with Crippen molar-refractivity contribution >= 4 is 39.4 Å². The SMILES string of the molecule is [B]C1=CC(C=C)=C/C(=C/c2c([B])cc(/C=C\C)cc2C=C)C1. The molecule has 0 fully saturated rings. The molecule has 1 aliphatic carbocycles. The first kappa shape index (κ1) is 16.2. The van der Waals surface area contributed by atoms with E-state index in [2.05, 4.69) is 31.4 Å². The molecule has 0 heterocycles. The quantitative estimate of drug-likeness (QED) is 0.728. The largest absolute Gasteiger partial charge is 0.114 e. The maximum absolute atomic E-state index is 6.23. The topological polar surface area (TPSA) is 0 Å². The minimum atomic E-state index is 0.712. The highest BCUT2D eigenvalue weighted by molar-refractivity contribution is 6.34. The molecule has 0 N–H and O–H groups in total. The second-order valence-electron chi connectivity index (χ2n) is 5.28. The van der Waals surface area contributed by atoms with Gasteiger partial charge in [0.2, 0.25) is 0 Å². The van der Waals surface area contributed by atoms with Crippen LogP contribution in [0, 0.1) is 0 Å². The average Bonchev–Trinajstić information content (AvgIpc) is 2.49.